The molecule has 0 bridgehead atoms. The molecule has 5 heteroatoms. The van der Waals surface area contributed by atoms with Gasteiger partial charge in [0.2, 0.25) is 5.91 Å². The number of halogens is 1. The summed E-state index contributed by atoms with van der Waals surface area (Å²) in [7, 11) is 0. The van der Waals surface area contributed by atoms with Crippen LogP contribution < -0.4 is 10.9 Å². The number of hydrogen-bond donors (Lipinski definition) is 1. The van der Waals surface area contributed by atoms with Crippen LogP contribution in [0.1, 0.15) is 5.56 Å². The maximum atomic E-state index is 12.0. The zero-order chi connectivity index (χ0) is 14.7. The molecule has 1 aromatic carbocycles. The Morgan fingerprint density at radius 2 is 2.20 bits per heavy atom. The quantitative estimate of drug-likeness (QED) is 0.695. The molecular weight excluding hydrogens is 276 g/mol. The van der Waals surface area contributed by atoms with Crippen LogP contribution in [0.2, 0.25) is 0 Å². The molecule has 2 aromatic rings. The van der Waals surface area contributed by atoms with Crippen molar-refractivity contribution in [1.29, 1.82) is 0 Å². The van der Waals surface area contributed by atoms with E-state index in [1.807, 2.05) is 13.0 Å². The number of pyridine rings is 1. The summed E-state index contributed by atoms with van der Waals surface area (Å²) in [5, 5.41) is 3.57. The minimum atomic E-state index is -0.301. The number of benzene rings is 1. The van der Waals surface area contributed by atoms with Crippen LogP contribution in [0.4, 0.5) is 5.69 Å². The van der Waals surface area contributed by atoms with E-state index in [-0.39, 0.29) is 23.9 Å². The molecule has 20 heavy (non-hydrogen) atoms. The predicted molar refractivity (Wildman–Crippen MR) is 81.1 cm³/mol. The normalized spacial score (nSPS) is 10.2. The number of nitrogens with zero attached hydrogens (tertiary/aromatic N) is 1. The number of amides is 1. The molecule has 1 N–H and O–H groups in total. The molecule has 4 nitrogen and oxygen atoms in total. The van der Waals surface area contributed by atoms with Crippen molar-refractivity contribution in [3.05, 3.63) is 40.2 Å². The monoisotopic (exact) mass is 288 g/mol. The van der Waals surface area contributed by atoms with Gasteiger partial charge in [0.15, 0.2) is 0 Å². The number of alkyl halides is 1. The van der Waals surface area contributed by atoms with Crippen LogP contribution in [0.3, 0.4) is 0 Å². The third kappa shape index (κ3) is 2.68. The van der Waals surface area contributed by atoms with Crippen molar-refractivity contribution in [3.8, 4) is 12.3 Å². The first-order valence-electron chi connectivity index (χ1n) is 6.00. The molecule has 0 saturated heterocycles. The highest BCUT2D eigenvalue weighted by Gasteiger charge is 2.08. The van der Waals surface area contributed by atoms with Crippen molar-refractivity contribution in [2.24, 2.45) is 0 Å². The smallest absolute Gasteiger partial charge is 0.252 e. The summed E-state index contributed by atoms with van der Waals surface area (Å²) in [5.41, 5.74) is 1.99. The molecule has 0 radical (unpaired) electrons. The Morgan fingerprint density at radius 3 is 2.85 bits per heavy atom. The van der Waals surface area contributed by atoms with Crippen molar-refractivity contribution >= 4 is 34.1 Å². The second kappa shape index (κ2) is 5.81. The average Bonchev–Trinajstić information content (AvgIpc) is 2.43. The average molecular weight is 289 g/mol. The van der Waals surface area contributed by atoms with Gasteiger partial charge < -0.3 is 5.32 Å². The first kappa shape index (κ1) is 14.2. The molecule has 1 aromatic heterocycles. The van der Waals surface area contributed by atoms with Crippen LogP contribution in [0.25, 0.3) is 10.9 Å². The predicted octanol–water partition coefficient (Wildman–Crippen LogP) is 2.12. The van der Waals surface area contributed by atoms with Crippen LogP contribution in [0, 0.1) is 19.3 Å². The van der Waals surface area contributed by atoms with Gasteiger partial charge in [-0.1, -0.05) is 12.0 Å². The number of aromatic nitrogens is 1. The maximum Gasteiger partial charge on any atom is 0.252 e. The van der Waals surface area contributed by atoms with Crippen LogP contribution in [0.15, 0.2) is 29.1 Å². The van der Waals surface area contributed by atoms with Crippen LogP contribution in [-0.2, 0) is 11.3 Å². The first-order chi connectivity index (χ1) is 9.56. The van der Waals surface area contributed by atoms with Crippen molar-refractivity contribution in [2.75, 3.05) is 11.2 Å². The van der Waals surface area contributed by atoms with E-state index in [1.54, 1.807) is 18.2 Å². The Balaban J connectivity index is 2.65. The molecule has 0 saturated carbocycles. The number of rotatable bonds is 3. The number of terminal acetylenes is 1. The molecule has 0 fully saturated rings. The van der Waals surface area contributed by atoms with Crippen molar-refractivity contribution in [1.82, 2.24) is 4.57 Å². The molecule has 1 heterocycles. The molecule has 2 rings (SSSR count). The number of carbonyl (C=O) groups is 1. The number of aryl methyl sites for hydroxylation is 1. The minimum Gasteiger partial charge on any atom is -0.325 e. The zero-order valence-electron chi connectivity index (χ0n) is 10.9. The van der Waals surface area contributed by atoms with Crippen molar-refractivity contribution < 1.29 is 4.79 Å². The number of anilines is 1. The highest BCUT2D eigenvalue weighted by atomic mass is 35.5. The molecule has 0 unspecified atom stereocenters. The lowest BCUT2D eigenvalue weighted by molar-refractivity contribution is -0.113. The summed E-state index contributed by atoms with van der Waals surface area (Å²) in [6.45, 7) is 2.05. The Bertz CT molecular complexity index is 772. The Labute approximate surface area is 121 Å². The molecule has 0 aliphatic carbocycles. The standard InChI is InChI=1S/C15H13ClN2O2/c1-3-6-18-13-8-11(17-14(19)9-16)4-5-12(13)10(2)7-15(18)20/h1,4-5,7-8H,6,9H2,2H3,(H,17,19). The number of nitrogens with one attached hydrogen (secondary N) is 1. The highest BCUT2D eigenvalue weighted by molar-refractivity contribution is 6.29. The van der Waals surface area contributed by atoms with Gasteiger partial charge in [0.25, 0.3) is 5.56 Å². The van der Waals surface area contributed by atoms with Gasteiger partial charge in [-0.3, -0.25) is 14.2 Å². The fourth-order valence-corrected chi connectivity index (χ4v) is 2.14. The van der Waals surface area contributed by atoms with E-state index in [1.165, 1.54) is 4.57 Å². The summed E-state index contributed by atoms with van der Waals surface area (Å²) in [4.78, 5) is 23.3. The van der Waals surface area contributed by atoms with Gasteiger partial charge in [0.1, 0.15) is 5.88 Å². The topological polar surface area (TPSA) is 51.1 Å². The Kier molecular flexibility index (Phi) is 4.11. The van der Waals surface area contributed by atoms with Gasteiger partial charge in [-0.2, -0.15) is 0 Å². The fourth-order valence-electron chi connectivity index (χ4n) is 2.07. The zero-order valence-corrected chi connectivity index (χ0v) is 11.7. The Morgan fingerprint density at radius 1 is 1.45 bits per heavy atom. The molecule has 1 amide bonds. The van der Waals surface area contributed by atoms with Gasteiger partial charge in [-0.15, -0.1) is 18.0 Å². The van der Waals surface area contributed by atoms with Crippen LogP contribution in [0.5, 0.6) is 0 Å². The SMILES string of the molecule is C#CCn1c(=O)cc(C)c2ccc(NC(=O)CCl)cc21. The molecular formula is C15H13ClN2O2. The maximum absolute atomic E-state index is 12.0. The van der Waals surface area contributed by atoms with E-state index in [2.05, 4.69) is 11.2 Å². The molecule has 0 aliphatic rings. The number of hydrogen-bond acceptors (Lipinski definition) is 2. The first-order valence-corrected chi connectivity index (χ1v) is 6.53. The summed E-state index contributed by atoms with van der Waals surface area (Å²) in [5.74, 6) is 2.04. The summed E-state index contributed by atoms with van der Waals surface area (Å²) in [6, 6.07) is 6.90. The lowest BCUT2D eigenvalue weighted by Gasteiger charge is -2.11. The van der Waals surface area contributed by atoms with E-state index in [0.717, 1.165) is 10.9 Å². The molecule has 0 aliphatic heterocycles. The van der Waals surface area contributed by atoms with E-state index in [9.17, 15) is 9.59 Å². The number of carbonyl (C=O) groups excluding carboxylic acids is 1. The van der Waals surface area contributed by atoms with E-state index in [0.29, 0.717) is 11.2 Å². The Hall–Kier alpha value is -2.25. The van der Waals surface area contributed by atoms with Crippen molar-refractivity contribution in [3.63, 3.8) is 0 Å². The lowest BCUT2D eigenvalue weighted by Crippen LogP contribution is -2.20. The third-order valence-corrected chi connectivity index (χ3v) is 3.22. The molecule has 102 valence electrons. The minimum absolute atomic E-state index is 0.122. The van der Waals surface area contributed by atoms with E-state index < -0.39 is 0 Å². The van der Waals surface area contributed by atoms with E-state index in [4.69, 9.17) is 18.0 Å². The van der Waals surface area contributed by atoms with Gasteiger partial charge in [-0.05, 0) is 24.6 Å². The largest absolute Gasteiger partial charge is 0.325 e. The summed E-state index contributed by atoms with van der Waals surface area (Å²) >= 11 is 5.46. The van der Waals surface area contributed by atoms with Crippen molar-refractivity contribution in [2.45, 2.75) is 13.5 Å². The molecule has 0 atom stereocenters. The van der Waals surface area contributed by atoms with Crippen LogP contribution in [-0.4, -0.2) is 16.4 Å². The van der Waals surface area contributed by atoms with Gasteiger partial charge in [0, 0.05) is 17.1 Å². The van der Waals surface area contributed by atoms with Crippen LogP contribution >= 0.6 is 11.6 Å². The summed E-state index contributed by atoms with van der Waals surface area (Å²) < 4.78 is 1.50. The second-order valence-electron chi connectivity index (χ2n) is 4.37. The third-order valence-electron chi connectivity index (χ3n) is 2.97. The van der Waals surface area contributed by atoms with Gasteiger partial charge in [0.05, 0.1) is 12.1 Å². The molecule has 0 spiro atoms. The lowest BCUT2D eigenvalue weighted by atomic mass is 10.1. The second-order valence-corrected chi connectivity index (χ2v) is 4.64. The van der Waals surface area contributed by atoms with Gasteiger partial charge >= 0.3 is 0 Å². The summed E-state index contributed by atoms with van der Waals surface area (Å²) in [6.07, 6.45) is 5.30. The van der Waals surface area contributed by atoms with Gasteiger partial charge in [-0.25, -0.2) is 0 Å². The van der Waals surface area contributed by atoms with E-state index >= 15 is 0 Å². The highest BCUT2D eigenvalue weighted by Crippen LogP contribution is 2.21. The fraction of sp³-hybridized carbons (Fsp3) is 0.200. The number of fused-ring (bicyclic) bond motifs is 1.